The van der Waals surface area contributed by atoms with E-state index in [9.17, 15) is 26.4 Å². The zero-order valence-corrected chi connectivity index (χ0v) is 8.81. The van der Waals surface area contributed by atoms with Gasteiger partial charge in [-0.2, -0.15) is 13.2 Å². The highest BCUT2D eigenvalue weighted by molar-refractivity contribution is 7.89. The van der Waals surface area contributed by atoms with Crippen molar-refractivity contribution in [3.63, 3.8) is 0 Å². The standard InChI is InChI=1S/C6H11F3N2O4S/c7-6(8,9)3-11-16(14,15)2-1-4(10)5(12)13/h4,11H,1-3,10H2,(H,12,13). The second-order valence-corrected chi connectivity index (χ2v) is 4.91. The first-order valence-corrected chi connectivity index (χ1v) is 5.71. The third kappa shape index (κ3) is 7.43. The predicted molar refractivity (Wildman–Crippen MR) is 48.1 cm³/mol. The fourth-order valence-electron chi connectivity index (χ4n) is 0.670. The lowest BCUT2D eigenvalue weighted by Crippen LogP contribution is -2.38. The molecule has 0 aliphatic carbocycles. The number of rotatable bonds is 6. The Hall–Kier alpha value is -0.870. The summed E-state index contributed by atoms with van der Waals surface area (Å²) in [5.41, 5.74) is 4.99. The molecule has 10 heteroatoms. The number of sulfonamides is 1. The minimum atomic E-state index is -4.65. The third-order valence-electron chi connectivity index (χ3n) is 1.51. The predicted octanol–water partition coefficient (Wildman–Crippen LogP) is -0.730. The molecule has 0 aliphatic rings. The van der Waals surface area contributed by atoms with Crippen LogP contribution in [0.15, 0.2) is 0 Å². The van der Waals surface area contributed by atoms with Crippen LogP contribution >= 0.6 is 0 Å². The van der Waals surface area contributed by atoms with Crippen LogP contribution in [0, 0.1) is 0 Å². The van der Waals surface area contributed by atoms with E-state index in [4.69, 9.17) is 10.8 Å². The van der Waals surface area contributed by atoms with Crippen molar-refractivity contribution in [3.8, 4) is 0 Å². The zero-order valence-electron chi connectivity index (χ0n) is 7.99. The van der Waals surface area contributed by atoms with Crippen molar-refractivity contribution in [1.29, 1.82) is 0 Å². The van der Waals surface area contributed by atoms with E-state index < -0.39 is 46.9 Å². The van der Waals surface area contributed by atoms with Crippen LogP contribution in [0.1, 0.15) is 6.42 Å². The van der Waals surface area contributed by atoms with Crippen LogP contribution < -0.4 is 10.5 Å². The molecule has 0 rings (SSSR count). The monoisotopic (exact) mass is 264 g/mol. The van der Waals surface area contributed by atoms with Gasteiger partial charge in [-0.05, 0) is 6.42 Å². The van der Waals surface area contributed by atoms with Crippen LogP contribution in [0.25, 0.3) is 0 Å². The minimum Gasteiger partial charge on any atom is -0.480 e. The summed E-state index contributed by atoms with van der Waals surface area (Å²) in [5.74, 6) is -2.18. The second-order valence-electron chi connectivity index (χ2n) is 2.99. The van der Waals surface area contributed by atoms with Gasteiger partial charge < -0.3 is 10.8 Å². The highest BCUT2D eigenvalue weighted by atomic mass is 32.2. The van der Waals surface area contributed by atoms with Crippen molar-refractivity contribution < 1.29 is 31.5 Å². The molecule has 0 fully saturated rings. The van der Waals surface area contributed by atoms with Crippen LogP contribution in [0.2, 0.25) is 0 Å². The number of hydrogen-bond acceptors (Lipinski definition) is 4. The van der Waals surface area contributed by atoms with Gasteiger partial charge in [-0.3, -0.25) is 4.79 Å². The Morgan fingerprint density at radius 3 is 2.31 bits per heavy atom. The highest BCUT2D eigenvalue weighted by Crippen LogP contribution is 2.12. The smallest absolute Gasteiger partial charge is 0.402 e. The zero-order chi connectivity index (χ0) is 13.0. The van der Waals surface area contributed by atoms with Gasteiger partial charge in [0.25, 0.3) is 0 Å². The lowest BCUT2D eigenvalue weighted by Gasteiger charge is -2.10. The maximum absolute atomic E-state index is 11.7. The molecular weight excluding hydrogens is 253 g/mol. The molecule has 96 valence electrons. The molecule has 1 unspecified atom stereocenters. The van der Waals surface area contributed by atoms with E-state index in [1.54, 1.807) is 0 Å². The van der Waals surface area contributed by atoms with E-state index >= 15 is 0 Å². The number of nitrogens with one attached hydrogen (secondary N) is 1. The Bertz CT molecular complexity index is 340. The number of nitrogens with two attached hydrogens (primary N) is 1. The number of hydrogen-bond donors (Lipinski definition) is 3. The molecule has 16 heavy (non-hydrogen) atoms. The van der Waals surface area contributed by atoms with E-state index in [-0.39, 0.29) is 0 Å². The van der Waals surface area contributed by atoms with Crippen molar-refractivity contribution in [2.45, 2.75) is 18.6 Å². The Balaban J connectivity index is 4.12. The van der Waals surface area contributed by atoms with Crippen molar-refractivity contribution in [3.05, 3.63) is 0 Å². The number of carboxylic acid groups (broad SMARTS) is 1. The topological polar surface area (TPSA) is 109 Å². The summed E-state index contributed by atoms with van der Waals surface area (Å²) in [4.78, 5) is 10.2. The lowest BCUT2D eigenvalue weighted by molar-refractivity contribution is -0.138. The summed E-state index contributed by atoms with van der Waals surface area (Å²) in [6.45, 7) is -1.68. The minimum absolute atomic E-state index is 0.456. The van der Waals surface area contributed by atoms with Crippen molar-refractivity contribution >= 4 is 16.0 Å². The van der Waals surface area contributed by atoms with Gasteiger partial charge in [-0.15, -0.1) is 0 Å². The number of halogens is 3. The first kappa shape index (κ1) is 15.1. The second kappa shape index (κ2) is 5.46. The molecule has 6 nitrogen and oxygen atoms in total. The fraction of sp³-hybridized carbons (Fsp3) is 0.833. The average Bonchev–Trinajstić information content (AvgIpc) is 2.10. The van der Waals surface area contributed by atoms with Crippen molar-refractivity contribution in [2.24, 2.45) is 5.73 Å². The van der Waals surface area contributed by atoms with E-state index in [1.807, 2.05) is 0 Å². The Kier molecular flexibility index (Phi) is 5.16. The number of aliphatic carboxylic acids is 1. The Labute approximate surface area is 89.7 Å². The van der Waals surface area contributed by atoms with Crippen molar-refractivity contribution in [1.82, 2.24) is 4.72 Å². The van der Waals surface area contributed by atoms with Crippen LogP contribution in [-0.4, -0.2) is 44.0 Å². The molecule has 0 saturated carbocycles. The van der Waals surface area contributed by atoms with E-state index in [0.29, 0.717) is 0 Å². The molecule has 0 saturated heterocycles. The molecule has 0 heterocycles. The Morgan fingerprint density at radius 1 is 1.44 bits per heavy atom. The molecule has 0 aliphatic heterocycles. The van der Waals surface area contributed by atoms with Crippen LogP contribution in [-0.2, 0) is 14.8 Å². The normalized spacial score (nSPS) is 14.8. The van der Waals surface area contributed by atoms with Crippen LogP contribution in [0.5, 0.6) is 0 Å². The van der Waals surface area contributed by atoms with Gasteiger partial charge in [0.05, 0.1) is 5.75 Å². The molecule has 0 radical (unpaired) electrons. The molecule has 0 amide bonds. The summed E-state index contributed by atoms with van der Waals surface area (Å²) in [6, 6.07) is -1.41. The summed E-state index contributed by atoms with van der Waals surface area (Å²) in [5, 5.41) is 8.32. The average molecular weight is 264 g/mol. The van der Waals surface area contributed by atoms with Gasteiger partial charge in [-0.25, -0.2) is 13.1 Å². The van der Waals surface area contributed by atoms with E-state index in [0.717, 1.165) is 0 Å². The SMILES string of the molecule is NC(CCS(=O)(=O)NCC(F)(F)F)C(=O)O. The first-order chi connectivity index (χ1) is 7.03. The van der Waals surface area contributed by atoms with Gasteiger partial charge in [0.15, 0.2) is 0 Å². The van der Waals surface area contributed by atoms with E-state index in [1.165, 1.54) is 4.72 Å². The largest absolute Gasteiger partial charge is 0.480 e. The number of alkyl halides is 3. The molecule has 0 bridgehead atoms. The van der Waals surface area contributed by atoms with Gasteiger partial charge in [0.2, 0.25) is 10.0 Å². The summed E-state index contributed by atoms with van der Waals surface area (Å²) in [7, 11) is -4.16. The molecule has 0 spiro atoms. The number of carbonyl (C=O) groups is 1. The molecule has 0 aromatic carbocycles. The fourth-order valence-corrected chi connectivity index (χ4v) is 1.76. The van der Waals surface area contributed by atoms with Crippen molar-refractivity contribution in [2.75, 3.05) is 12.3 Å². The van der Waals surface area contributed by atoms with Crippen LogP contribution in [0.4, 0.5) is 13.2 Å². The summed E-state index contributed by atoms with van der Waals surface area (Å²) >= 11 is 0. The van der Waals surface area contributed by atoms with E-state index in [2.05, 4.69) is 0 Å². The maximum atomic E-state index is 11.7. The first-order valence-electron chi connectivity index (χ1n) is 4.06. The Morgan fingerprint density at radius 2 is 1.94 bits per heavy atom. The lowest BCUT2D eigenvalue weighted by atomic mass is 10.2. The van der Waals surface area contributed by atoms with Gasteiger partial charge in [0, 0.05) is 0 Å². The molecular formula is C6H11F3N2O4S. The molecule has 0 aromatic heterocycles. The summed E-state index contributed by atoms with van der Waals surface area (Å²) < 4.78 is 58.2. The van der Waals surface area contributed by atoms with Gasteiger partial charge in [0.1, 0.15) is 12.6 Å². The molecule has 0 aromatic rings. The quantitative estimate of drug-likeness (QED) is 0.586. The highest BCUT2D eigenvalue weighted by Gasteiger charge is 2.29. The molecule has 1 atom stereocenters. The third-order valence-corrected chi connectivity index (χ3v) is 2.86. The van der Waals surface area contributed by atoms with Crippen LogP contribution in [0.3, 0.4) is 0 Å². The maximum Gasteiger partial charge on any atom is 0.402 e. The molecule has 4 N–H and O–H groups in total. The number of carboxylic acids is 1. The van der Waals surface area contributed by atoms with Gasteiger partial charge >= 0.3 is 12.1 Å². The van der Waals surface area contributed by atoms with Gasteiger partial charge in [-0.1, -0.05) is 0 Å². The summed E-state index contributed by atoms with van der Waals surface area (Å²) in [6.07, 6.45) is -5.11.